The summed E-state index contributed by atoms with van der Waals surface area (Å²) in [6.07, 6.45) is 3.17. The molecular formula is C49H56N4O6S2. The van der Waals surface area contributed by atoms with Gasteiger partial charge < -0.3 is 41.9 Å². The van der Waals surface area contributed by atoms with Crippen LogP contribution in [0.15, 0.2) is 65.7 Å². The summed E-state index contributed by atoms with van der Waals surface area (Å²) in [4.78, 5) is 23.2. The molecule has 1 spiro atoms. The molecule has 2 aromatic carbocycles. The minimum absolute atomic E-state index is 0.0281. The first-order valence-corrected chi connectivity index (χ1v) is 23.0. The second-order valence-electron chi connectivity index (χ2n) is 17.9. The normalized spacial score (nSPS) is 30.0. The number of nitrogens with zero attached hydrogens (tertiary/aromatic N) is 1. The van der Waals surface area contributed by atoms with Crippen LogP contribution in [0.3, 0.4) is 0 Å². The molecule has 2 aromatic heterocycles. The van der Waals surface area contributed by atoms with Gasteiger partial charge in [0.25, 0.3) is 0 Å². The number of rotatable bonds is 7. The van der Waals surface area contributed by atoms with Gasteiger partial charge in [-0.3, -0.25) is 9.79 Å². The molecule has 0 saturated heterocycles. The van der Waals surface area contributed by atoms with Crippen molar-refractivity contribution in [1.29, 1.82) is 0 Å². The van der Waals surface area contributed by atoms with E-state index in [4.69, 9.17) is 5.73 Å². The average Bonchev–Trinajstić information content (AvgIpc) is 4.01. The molecule has 0 amide bonds. The van der Waals surface area contributed by atoms with Crippen LogP contribution >= 0.6 is 22.7 Å². The van der Waals surface area contributed by atoms with Gasteiger partial charge in [-0.05, 0) is 129 Å². The Labute approximate surface area is 366 Å². The van der Waals surface area contributed by atoms with Crippen LogP contribution in [0.4, 0.5) is 5.69 Å². The van der Waals surface area contributed by atoms with Gasteiger partial charge in [-0.1, -0.05) is 42.0 Å². The number of hydrogen-bond acceptors (Lipinski definition) is 10. The minimum Gasteiger partial charge on any atom is -0.508 e. The molecule has 10 unspecified atom stereocenters. The van der Waals surface area contributed by atoms with E-state index in [1.807, 2.05) is 49.4 Å². The van der Waals surface area contributed by atoms with Crippen LogP contribution in [0.25, 0.3) is 9.75 Å². The van der Waals surface area contributed by atoms with E-state index in [1.165, 1.54) is 11.3 Å². The van der Waals surface area contributed by atoms with Crippen molar-refractivity contribution in [2.24, 2.45) is 45.7 Å². The van der Waals surface area contributed by atoms with Gasteiger partial charge in [0.2, 0.25) is 0 Å². The number of nitrogens with one attached hydrogen (secondary N) is 2. The Balaban J connectivity index is 1.29. The van der Waals surface area contributed by atoms with E-state index in [1.54, 1.807) is 37.4 Å². The molecule has 0 radical (unpaired) electrons. The molecule has 4 aromatic rings. The van der Waals surface area contributed by atoms with Crippen molar-refractivity contribution in [1.82, 2.24) is 5.32 Å². The highest BCUT2D eigenvalue weighted by molar-refractivity contribution is 7.23. The van der Waals surface area contributed by atoms with E-state index in [9.17, 15) is 25.5 Å². The van der Waals surface area contributed by atoms with Gasteiger partial charge in [-0.25, -0.2) is 0 Å². The molecule has 8 rings (SSSR count). The van der Waals surface area contributed by atoms with E-state index < -0.39 is 29.6 Å². The molecule has 3 heterocycles. The van der Waals surface area contributed by atoms with Gasteiger partial charge in [-0.2, -0.15) is 0 Å². The number of phenols is 1. The summed E-state index contributed by atoms with van der Waals surface area (Å²) in [7, 11) is 1.64. The van der Waals surface area contributed by atoms with Crippen molar-refractivity contribution in [3.8, 4) is 39.2 Å². The quantitative estimate of drug-likeness (QED) is 0.0469. The van der Waals surface area contributed by atoms with E-state index in [0.717, 1.165) is 37.7 Å². The number of anilines is 1. The number of benzene rings is 2. The van der Waals surface area contributed by atoms with Gasteiger partial charge in [0.1, 0.15) is 5.75 Å². The molecule has 9 N–H and O–H groups in total. The fraction of sp³-hybridized carbons (Fsp3) is 0.469. The summed E-state index contributed by atoms with van der Waals surface area (Å²) in [6, 6.07) is 19.2. The highest BCUT2D eigenvalue weighted by atomic mass is 32.1. The number of ketones is 1. The summed E-state index contributed by atoms with van der Waals surface area (Å²) in [5, 5.41) is 63.3. The van der Waals surface area contributed by atoms with Gasteiger partial charge in [0, 0.05) is 53.2 Å². The zero-order chi connectivity index (χ0) is 43.1. The number of hydrogen-bond donors (Lipinski definition) is 8. The Kier molecular flexibility index (Phi) is 12.4. The maximum Gasteiger partial charge on any atom is 0.188 e. The Hall–Kier alpha value is -4.66. The minimum atomic E-state index is -1.39. The number of phenolic OH excluding ortho intramolecular Hbond substituents is 1. The third-order valence-electron chi connectivity index (χ3n) is 14.1. The number of aliphatic hydroxyl groups excluding tert-OH is 3. The topological polar surface area (TPSA) is 181 Å². The Bertz CT molecular complexity index is 2430. The monoisotopic (exact) mass is 860 g/mol. The Morgan fingerprint density at radius 3 is 2.64 bits per heavy atom. The van der Waals surface area contributed by atoms with Crippen LogP contribution < -0.4 is 16.4 Å². The first-order valence-electron chi connectivity index (χ1n) is 21.3. The number of carbonyl (C=O) groups is 1. The van der Waals surface area contributed by atoms with Gasteiger partial charge in [-0.15, -0.1) is 28.6 Å². The largest absolute Gasteiger partial charge is 0.508 e. The van der Waals surface area contributed by atoms with Crippen LogP contribution in [0.2, 0.25) is 0 Å². The van der Waals surface area contributed by atoms with Crippen molar-refractivity contribution >= 4 is 40.1 Å². The van der Waals surface area contributed by atoms with Crippen molar-refractivity contribution in [3.05, 3.63) is 92.7 Å². The zero-order valence-corrected chi connectivity index (χ0v) is 36.6. The van der Waals surface area contributed by atoms with Crippen LogP contribution in [-0.2, 0) is 12.8 Å². The second kappa shape index (κ2) is 17.6. The maximum absolute atomic E-state index is 15.1. The lowest BCUT2D eigenvalue weighted by Gasteiger charge is -2.47. The number of aliphatic hydroxyl groups is 4. The first-order chi connectivity index (χ1) is 29.3. The molecule has 3 aliphatic carbocycles. The summed E-state index contributed by atoms with van der Waals surface area (Å²) in [5.74, 6) is 12.0. The fourth-order valence-electron chi connectivity index (χ4n) is 11.1. The SMILES string of the molecule is CC#Cc1ccc(-c2ccc(C(=O)C3CCC4CC35CC(C(O)CO)C(C5)C3C#Cc5c(cc(O)cc5NCC(C)(O)C(CO)c5cccc(c5)C3)CC4NC(N)=NC)s2)s1. The molecule has 1 aliphatic heterocycles. The number of aromatic hydroxyl groups is 1. The van der Waals surface area contributed by atoms with Crippen LogP contribution in [-0.4, -0.2) is 81.8 Å². The van der Waals surface area contributed by atoms with Crippen molar-refractivity contribution in [2.45, 2.75) is 82.5 Å². The van der Waals surface area contributed by atoms with E-state index in [2.05, 4.69) is 45.4 Å². The number of Topliss-reactive ketones (excluding diaryl/α,β-unsaturated/α-hetero) is 1. The molecule has 61 heavy (non-hydrogen) atoms. The predicted molar refractivity (Wildman–Crippen MR) is 243 cm³/mol. The lowest BCUT2D eigenvalue weighted by molar-refractivity contribution is 0.0134. The molecule has 4 aliphatic rings. The standard InChI is InChI=1S/C49H56N4O6S2/c1-4-6-34-11-14-43(60-34)44-15-16-45(61-44)46(58)38-13-10-31-22-49(38)23-36(37(24-49)42(57)26-55)29-9-12-35-32(20-40(31)53-47(50)51-3)19-33(56)21-41(35)52-27-48(2,59)39(25-54)30-8-5-7-28(17-29)18-30/h5,7-8,11,14-16,18-19,21,29,31,36-40,42,52,54-57,59H,10,13,17,20,22-27H2,1-3H3,(H3,50,51,53). The van der Waals surface area contributed by atoms with Gasteiger partial charge in [0.05, 0.1) is 45.9 Å². The van der Waals surface area contributed by atoms with Gasteiger partial charge >= 0.3 is 0 Å². The fourth-order valence-corrected chi connectivity index (χ4v) is 13.1. The summed E-state index contributed by atoms with van der Waals surface area (Å²) in [5.41, 5.74) is 8.35. The molecule has 2 fully saturated rings. The maximum atomic E-state index is 15.1. The number of thiophene rings is 2. The first kappa shape index (κ1) is 43.0. The molecule has 10 nitrogen and oxygen atoms in total. The highest BCUT2D eigenvalue weighted by Crippen LogP contribution is 2.62. The molecule has 320 valence electrons. The average molecular weight is 861 g/mol. The summed E-state index contributed by atoms with van der Waals surface area (Å²) in [6.45, 7) is 2.90. The van der Waals surface area contributed by atoms with Crippen LogP contribution in [0.5, 0.6) is 5.75 Å². The third kappa shape index (κ3) is 8.60. The second-order valence-corrected chi connectivity index (χ2v) is 20.0. The van der Waals surface area contributed by atoms with Crippen molar-refractivity contribution in [3.63, 3.8) is 0 Å². The van der Waals surface area contributed by atoms with Crippen LogP contribution in [0, 0.1) is 58.7 Å². The van der Waals surface area contributed by atoms with Gasteiger partial charge in [0.15, 0.2) is 11.7 Å². The molecule has 2 saturated carbocycles. The van der Waals surface area contributed by atoms with E-state index in [0.29, 0.717) is 54.7 Å². The van der Waals surface area contributed by atoms with Crippen molar-refractivity contribution in [2.75, 3.05) is 32.1 Å². The predicted octanol–water partition coefficient (Wildman–Crippen LogP) is 6.14. The summed E-state index contributed by atoms with van der Waals surface area (Å²) < 4.78 is 0. The number of carbonyl (C=O) groups excluding carboxylic acids is 1. The molecular weight excluding hydrogens is 805 g/mol. The Morgan fingerprint density at radius 2 is 1.87 bits per heavy atom. The lowest BCUT2D eigenvalue weighted by Crippen LogP contribution is -2.50. The smallest absolute Gasteiger partial charge is 0.188 e. The van der Waals surface area contributed by atoms with E-state index >= 15 is 4.79 Å². The number of aliphatic imine (C=N–C) groups is 1. The van der Waals surface area contributed by atoms with Crippen molar-refractivity contribution < 1.29 is 30.3 Å². The molecule has 7 bridgehead atoms. The lowest BCUT2D eigenvalue weighted by atomic mass is 9.58. The highest BCUT2D eigenvalue weighted by Gasteiger charge is 2.57. The summed E-state index contributed by atoms with van der Waals surface area (Å²) >= 11 is 3.14. The zero-order valence-electron chi connectivity index (χ0n) is 34.9. The van der Waals surface area contributed by atoms with Crippen LogP contribution in [0.1, 0.15) is 88.7 Å². The number of β-amino-alcohol motifs (C(OH)–C–C–N with tert-alkyl or cyclic N) is 1. The number of nitrogens with two attached hydrogens (primary N) is 1. The number of guanidine groups is 1. The number of fused-ring (bicyclic) bond motifs is 6. The third-order valence-corrected chi connectivity index (χ3v) is 16.4. The molecule has 12 heteroatoms. The van der Waals surface area contributed by atoms with E-state index in [-0.39, 0.29) is 66.3 Å². The molecule has 10 atom stereocenters. The Morgan fingerprint density at radius 1 is 1.07 bits per heavy atom.